The Morgan fingerprint density at radius 2 is 2.03 bits per heavy atom. The molecule has 0 fully saturated rings. The lowest BCUT2D eigenvalue weighted by Crippen LogP contribution is -2.27. The third-order valence-corrected chi connectivity index (χ3v) is 6.67. The molecule has 0 spiro atoms. The first-order valence-corrected chi connectivity index (χ1v) is 12.4. The average molecular weight is 521 g/mol. The van der Waals surface area contributed by atoms with Crippen molar-refractivity contribution in [2.75, 3.05) is 5.32 Å². The fourth-order valence-corrected chi connectivity index (χ4v) is 4.55. The molecule has 0 aliphatic carbocycles. The van der Waals surface area contributed by atoms with E-state index in [1.807, 2.05) is 28.8 Å². The number of halogens is 1. The van der Waals surface area contributed by atoms with Crippen LogP contribution in [0.1, 0.15) is 18.3 Å². The number of hydrogen-bond acceptors (Lipinski definition) is 7. The molecule has 10 heteroatoms. The second-order valence-corrected chi connectivity index (χ2v) is 9.62. The van der Waals surface area contributed by atoms with Gasteiger partial charge in [0.15, 0.2) is 11.0 Å². The standard InChI is InChI=1S/C26H25ClN6O2S/c1-3-13-33-24(16-28-22-10-6-8-18-7-4-5-9-21(18)22)30-32-26(33)36-17(2)25(35)31-29-15-19-14-20(27)11-12-23(19)34/h3-12,14-15,17,28,34H,1,13,16H2,2H3,(H,31,35)/b29-15-/t17-/m1/s1. The summed E-state index contributed by atoms with van der Waals surface area (Å²) in [5.74, 6) is 0.427. The van der Waals surface area contributed by atoms with Crippen LogP contribution in [0.5, 0.6) is 5.75 Å². The summed E-state index contributed by atoms with van der Waals surface area (Å²) < 4.78 is 1.92. The van der Waals surface area contributed by atoms with Gasteiger partial charge in [0, 0.05) is 28.2 Å². The Balaban J connectivity index is 1.41. The third-order valence-electron chi connectivity index (χ3n) is 5.35. The van der Waals surface area contributed by atoms with Gasteiger partial charge in [-0.15, -0.1) is 16.8 Å². The number of nitrogens with one attached hydrogen (secondary N) is 2. The SMILES string of the molecule is C=CCn1c(CNc2cccc3ccccc23)nnc1S[C@H](C)C(=O)N/N=C\c1cc(Cl)ccc1O. The van der Waals surface area contributed by atoms with E-state index in [2.05, 4.69) is 50.8 Å². The number of aromatic hydroxyl groups is 1. The number of benzene rings is 3. The van der Waals surface area contributed by atoms with E-state index in [1.54, 1.807) is 25.1 Å². The number of rotatable bonds is 10. The average Bonchev–Trinajstić information content (AvgIpc) is 3.25. The summed E-state index contributed by atoms with van der Waals surface area (Å²) in [6, 6.07) is 18.9. The zero-order valence-electron chi connectivity index (χ0n) is 19.6. The van der Waals surface area contributed by atoms with Gasteiger partial charge >= 0.3 is 0 Å². The summed E-state index contributed by atoms with van der Waals surface area (Å²) in [6.45, 7) is 6.56. The Kier molecular flexibility index (Phi) is 8.24. The quantitative estimate of drug-likeness (QED) is 0.115. The predicted molar refractivity (Wildman–Crippen MR) is 146 cm³/mol. The number of thioether (sulfide) groups is 1. The summed E-state index contributed by atoms with van der Waals surface area (Å²) in [6.07, 6.45) is 3.11. The largest absolute Gasteiger partial charge is 0.507 e. The lowest BCUT2D eigenvalue weighted by molar-refractivity contribution is -0.120. The van der Waals surface area contributed by atoms with Gasteiger partial charge in [0.1, 0.15) is 5.75 Å². The molecule has 3 aromatic carbocycles. The van der Waals surface area contributed by atoms with E-state index in [0.717, 1.165) is 22.3 Å². The molecule has 1 atom stereocenters. The molecular weight excluding hydrogens is 496 g/mol. The number of carbonyl (C=O) groups is 1. The summed E-state index contributed by atoms with van der Waals surface area (Å²) >= 11 is 7.21. The number of carbonyl (C=O) groups excluding carboxylic acids is 1. The number of anilines is 1. The fraction of sp³-hybridized carbons (Fsp3) is 0.154. The number of hydrazone groups is 1. The van der Waals surface area contributed by atoms with E-state index in [1.165, 1.54) is 24.0 Å². The highest BCUT2D eigenvalue weighted by molar-refractivity contribution is 8.00. The molecule has 1 amide bonds. The number of nitrogens with zero attached hydrogens (tertiary/aromatic N) is 4. The van der Waals surface area contributed by atoms with E-state index >= 15 is 0 Å². The maximum atomic E-state index is 12.6. The number of phenols is 1. The van der Waals surface area contributed by atoms with Gasteiger partial charge in [-0.25, -0.2) is 5.43 Å². The van der Waals surface area contributed by atoms with Gasteiger partial charge in [-0.2, -0.15) is 5.10 Å². The molecule has 0 bridgehead atoms. The molecule has 0 saturated heterocycles. The molecular formula is C26H25ClN6O2S. The van der Waals surface area contributed by atoms with Crippen molar-refractivity contribution in [2.45, 2.75) is 30.4 Å². The van der Waals surface area contributed by atoms with Crippen molar-refractivity contribution >= 4 is 51.9 Å². The monoisotopic (exact) mass is 520 g/mol. The lowest BCUT2D eigenvalue weighted by Gasteiger charge is -2.13. The molecule has 1 aromatic heterocycles. The van der Waals surface area contributed by atoms with Crippen molar-refractivity contribution in [1.82, 2.24) is 20.2 Å². The Hall–Kier alpha value is -3.82. The van der Waals surface area contributed by atoms with Gasteiger partial charge in [0.25, 0.3) is 5.91 Å². The highest BCUT2D eigenvalue weighted by Crippen LogP contribution is 2.26. The smallest absolute Gasteiger partial charge is 0.253 e. The molecule has 0 aliphatic rings. The van der Waals surface area contributed by atoms with Gasteiger partial charge in [-0.3, -0.25) is 4.79 Å². The zero-order valence-corrected chi connectivity index (χ0v) is 21.1. The van der Waals surface area contributed by atoms with Crippen LogP contribution in [0, 0.1) is 0 Å². The van der Waals surface area contributed by atoms with Crippen molar-refractivity contribution < 1.29 is 9.90 Å². The Labute approximate surface area is 218 Å². The summed E-state index contributed by atoms with van der Waals surface area (Å²) in [5, 5.41) is 28.7. The van der Waals surface area contributed by atoms with Crippen LogP contribution in [0.15, 0.2) is 83.6 Å². The van der Waals surface area contributed by atoms with Crippen LogP contribution < -0.4 is 10.7 Å². The minimum atomic E-state index is -0.498. The Morgan fingerprint density at radius 1 is 1.22 bits per heavy atom. The summed E-state index contributed by atoms with van der Waals surface area (Å²) in [4.78, 5) is 12.6. The van der Waals surface area contributed by atoms with Crippen LogP contribution in [0.3, 0.4) is 0 Å². The van der Waals surface area contributed by atoms with Crippen LogP contribution in [-0.4, -0.2) is 37.2 Å². The van der Waals surface area contributed by atoms with Gasteiger partial charge in [-0.1, -0.05) is 65.8 Å². The first-order valence-electron chi connectivity index (χ1n) is 11.2. The van der Waals surface area contributed by atoms with Gasteiger partial charge in [0.05, 0.1) is 18.0 Å². The van der Waals surface area contributed by atoms with Crippen molar-refractivity contribution in [3.63, 3.8) is 0 Å². The highest BCUT2D eigenvalue weighted by atomic mass is 35.5. The molecule has 8 nitrogen and oxygen atoms in total. The van der Waals surface area contributed by atoms with Crippen molar-refractivity contribution in [3.05, 3.63) is 89.7 Å². The van der Waals surface area contributed by atoms with Gasteiger partial charge in [-0.05, 0) is 36.6 Å². The summed E-state index contributed by atoms with van der Waals surface area (Å²) in [5.41, 5.74) is 3.89. The predicted octanol–water partition coefficient (Wildman–Crippen LogP) is 5.22. The first kappa shape index (κ1) is 25.3. The number of phenolic OH excluding ortho intramolecular Hbond substituents is 1. The highest BCUT2D eigenvalue weighted by Gasteiger charge is 2.20. The van der Waals surface area contributed by atoms with E-state index < -0.39 is 5.25 Å². The Bertz CT molecular complexity index is 1420. The van der Waals surface area contributed by atoms with E-state index in [9.17, 15) is 9.90 Å². The molecule has 0 unspecified atom stereocenters. The minimum Gasteiger partial charge on any atom is -0.507 e. The molecule has 4 aromatic rings. The minimum absolute atomic E-state index is 0.0157. The Morgan fingerprint density at radius 3 is 2.86 bits per heavy atom. The molecule has 0 saturated carbocycles. The van der Waals surface area contributed by atoms with Crippen LogP contribution in [-0.2, 0) is 17.9 Å². The second-order valence-electron chi connectivity index (χ2n) is 7.88. The molecule has 0 radical (unpaired) electrons. The van der Waals surface area contributed by atoms with E-state index in [4.69, 9.17) is 11.6 Å². The van der Waals surface area contributed by atoms with Crippen LogP contribution in [0.2, 0.25) is 5.02 Å². The van der Waals surface area contributed by atoms with Crippen LogP contribution in [0.4, 0.5) is 5.69 Å². The van der Waals surface area contributed by atoms with Crippen molar-refractivity contribution in [2.24, 2.45) is 5.10 Å². The topological polar surface area (TPSA) is 104 Å². The first-order chi connectivity index (χ1) is 17.5. The molecule has 36 heavy (non-hydrogen) atoms. The van der Waals surface area contributed by atoms with Crippen LogP contribution in [0.25, 0.3) is 10.8 Å². The van der Waals surface area contributed by atoms with E-state index in [0.29, 0.717) is 28.8 Å². The second kappa shape index (κ2) is 11.7. The van der Waals surface area contributed by atoms with Crippen LogP contribution >= 0.6 is 23.4 Å². The molecule has 1 heterocycles. The normalized spacial score (nSPS) is 12.1. The number of aromatic nitrogens is 3. The van der Waals surface area contributed by atoms with Crippen molar-refractivity contribution in [1.29, 1.82) is 0 Å². The van der Waals surface area contributed by atoms with Gasteiger partial charge < -0.3 is 15.0 Å². The van der Waals surface area contributed by atoms with E-state index in [-0.39, 0.29) is 11.7 Å². The number of allylic oxidation sites excluding steroid dienone is 1. The molecule has 0 aliphatic heterocycles. The fourth-order valence-electron chi connectivity index (χ4n) is 3.50. The number of fused-ring (bicyclic) bond motifs is 1. The lowest BCUT2D eigenvalue weighted by atomic mass is 10.1. The zero-order chi connectivity index (χ0) is 25.5. The maximum absolute atomic E-state index is 12.6. The summed E-state index contributed by atoms with van der Waals surface area (Å²) in [7, 11) is 0. The molecule has 184 valence electrons. The maximum Gasteiger partial charge on any atom is 0.253 e. The molecule has 3 N–H and O–H groups in total. The molecule has 4 rings (SSSR count). The number of hydrogen-bond donors (Lipinski definition) is 3. The third kappa shape index (κ3) is 6.05. The number of amides is 1. The van der Waals surface area contributed by atoms with Crippen molar-refractivity contribution in [3.8, 4) is 5.75 Å². The van der Waals surface area contributed by atoms with Gasteiger partial charge in [0.2, 0.25) is 0 Å².